The fourth-order valence-corrected chi connectivity index (χ4v) is 2.39. The summed E-state index contributed by atoms with van der Waals surface area (Å²) in [7, 11) is 0. The van der Waals surface area contributed by atoms with E-state index in [9.17, 15) is 4.79 Å². The Morgan fingerprint density at radius 1 is 1.21 bits per heavy atom. The van der Waals surface area contributed by atoms with Gasteiger partial charge in [0, 0.05) is 12.1 Å². The topological polar surface area (TPSA) is 55.1 Å². The number of rotatable bonds is 7. The first kappa shape index (κ1) is 15.7. The van der Waals surface area contributed by atoms with Crippen LogP contribution in [-0.2, 0) is 4.79 Å². The van der Waals surface area contributed by atoms with E-state index in [1.807, 2.05) is 26.0 Å². The van der Waals surface area contributed by atoms with Gasteiger partial charge in [-0.15, -0.1) is 0 Å². The highest BCUT2D eigenvalue weighted by atomic mass is 16.1. The average molecular weight is 262 g/mol. The van der Waals surface area contributed by atoms with Crippen molar-refractivity contribution in [2.75, 3.05) is 11.9 Å². The van der Waals surface area contributed by atoms with Gasteiger partial charge in [0.25, 0.3) is 0 Å². The van der Waals surface area contributed by atoms with Crippen LogP contribution in [0.1, 0.15) is 43.7 Å². The van der Waals surface area contributed by atoms with E-state index in [1.165, 1.54) is 11.1 Å². The zero-order chi connectivity index (χ0) is 14.3. The van der Waals surface area contributed by atoms with E-state index in [1.54, 1.807) is 0 Å². The van der Waals surface area contributed by atoms with Crippen LogP contribution in [0, 0.1) is 19.8 Å². The number of carbonyl (C=O) groups excluding carboxylic acids is 1. The molecule has 3 nitrogen and oxygen atoms in total. The second-order valence-electron chi connectivity index (χ2n) is 5.31. The Hall–Kier alpha value is -1.35. The zero-order valence-electron chi connectivity index (χ0n) is 12.3. The van der Waals surface area contributed by atoms with Crippen molar-refractivity contribution in [2.45, 2.75) is 46.5 Å². The molecule has 1 unspecified atom stereocenters. The number of nitrogens with two attached hydrogens (primary N) is 1. The molecule has 0 bridgehead atoms. The minimum Gasteiger partial charge on any atom is -0.330 e. The summed E-state index contributed by atoms with van der Waals surface area (Å²) >= 11 is 0. The number of hydrogen-bond acceptors (Lipinski definition) is 2. The average Bonchev–Trinajstić information content (AvgIpc) is 2.33. The van der Waals surface area contributed by atoms with Gasteiger partial charge in [-0.2, -0.15) is 0 Å². The number of hydrogen-bond donors (Lipinski definition) is 2. The second kappa shape index (κ2) is 7.95. The van der Waals surface area contributed by atoms with Crippen LogP contribution in [0.5, 0.6) is 0 Å². The minimum absolute atomic E-state index is 0.0977. The lowest BCUT2D eigenvalue weighted by atomic mass is 9.96. The molecule has 1 atom stereocenters. The van der Waals surface area contributed by atoms with Gasteiger partial charge in [0.1, 0.15) is 0 Å². The molecule has 0 saturated heterocycles. The lowest BCUT2D eigenvalue weighted by Crippen LogP contribution is -2.15. The molecule has 0 spiro atoms. The van der Waals surface area contributed by atoms with E-state index in [0.717, 1.165) is 24.9 Å². The first-order valence-electron chi connectivity index (χ1n) is 7.13. The molecule has 0 radical (unpaired) electrons. The van der Waals surface area contributed by atoms with Crippen LogP contribution in [0.25, 0.3) is 0 Å². The molecule has 1 amide bonds. The monoisotopic (exact) mass is 262 g/mol. The lowest BCUT2D eigenvalue weighted by molar-refractivity contribution is -0.116. The molecule has 0 fully saturated rings. The largest absolute Gasteiger partial charge is 0.330 e. The van der Waals surface area contributed by atoms with Crippen molar-refractivity contribution in [1.82, 2.24) is 0 Å². The Kier molecular flexibility index (Phi) is 6.57. The maximum Gasteiger partial charge on any atom is 0.224 e. The summed E-state index contributed by atoms with van der Waals surface area (Å²) in [6, 6.07) is 6.11. The third-order valence-corrected chi connectivity index (χ3v) is 3.44. The molecule has 0 aliphatic heterocycles. The number of anilines is 1. The van der Waals surface area contributed by atoms with E-state index >= 15 is 0 Å². The van der Waals surface area contributed by atoms with Crippen LogP contribution in [0.3, 0.4) is 0 Å². The van der Waals surface area contributed by atoms with Crippen molar-refractivity contribution < 1.29 is 4.79 Å². The van der Waals surface area contributed by atoms with E-state index in [-0.39, 0.29) is 5.91 Å². The first-order valence-corrected chi connectivity index (χ1v) is 7.13. The highest BCUT2D eigenvalue weighted by molar-refractivity contribution is 5.90. The molecule has 3 N–H and O–H groups in total. The molecular weight excluding hydrogens is 236 g/mol. The van der Waals surface area contributed by atoms with Gasteiger partial charge < -0.3 is 11.1 Å². The Bertz CT molecular complexity index is 395. The molecule has 1 rings (SSSR count). The maximum absolute atomic E-state index is 11.9. The van der Waals surface area contributed by atoms with Gasteiger partial charge in [0.15, 0.2) is 0 Å². The number of aryl methyl sites for hydroxylation is 2. The molecule has 0 aromatic heterocycles. The fraction of sp³-hybridized carbons (Fsp3) is 0.562. The third kappa shape index (κ3) is 5.88. The van der Waals surface area contributed by atoms with Crippen LogP contribution >= 0.6 is 0 Å². The van der Waals surface area contributed by atoms with Crippen molar-refractivity contribution in [1.29, 1.82) is 0 Å². The van der Waals surface area contributed by atoms with E-state index in [0.29, 0.717) is 18.9 Å². The third-order valence-electron chi connectivity index (χ3n) is 3.44. The molecule has 0 saturated carbocycles. The summed E-state index contributed by atoms with van der Waals surface area (Å²) in [6.45, 7) is 6.94. The number of benzene rings is 1. The summed E-state index contributed by atoms with van der Waals surface area (Å²) in [5, 5.41) is 2.97. The van der Waals surface area contributed by atoms with Crippen molar-refractivity contribution in [3.8, 4) is 0 Å². The number of carbonyl (C=O) groups is 1. The molecule has 0 aliphatic rings. The summed E-state index contributed by atoms with van der Waals surface area (Å²) in [5.74, 6) is 0.662. The standard InChI is InChI=1S/C16H26N2O/c1-4-14(7-8-17)5-6-16(19)18-15-10-12(2)9-13(3)11-15/h9-11,14H,4-8,17H2,1-3H3,(H,18,19). The highest BCUT2D eigenvalue weighted by Gasteiger charge is 2.09. The predicted molar refractivity (Wildman–Crippen MR) is 81.2 cm³/mol. The number of amides is 1. The number of nitrogens with one attached hydrogen (secondary N) is 1. The van der Waals surface area contributed by atoms with Crippen molar-refractivity contribution in [2.24, 2.45) is 11.7 Å². The van der Waals surface area contributed by atoms with Crippen molar-refractivity contribution in [3.63, 3.8) is 0 Å². The predicted octanol–water partition coefficient (Wildman–Crippen LogP) is 3.40. The first-order chi connectivity index (χ1) is 9.05. The molecule has 1 aromatic carbocycles. The van der Waals surface area contributed by atoms with Gasteiger partial charge in [-0.3, -0.25) is 4.79 Å². The Labute approximate surface area is 116 Å². The van der Waals surface area contributed by atoms with Gasteiger partial charge in [-0.05, 0) is 62.4 Å². The van der Waals surface area contributed by atoms with Gasteiger partial charge >= 0.3 is 0 Å². The van der Waals surface area contributed by atoms with Crippen molar-refractivity contribution >= 4 is 11.6 Å². The SMILES string of the molecule is CCC(CCN)CCC(=O)Nc1cc(C)cc(C)c1. The molecule has 0 heterocycles. The zero-order valence-corrected chi connectivity index (χ0v) is 12.3. The van der Waals surface area contributed by atoms with E-state index < -0.39 is 0 Å². The van der Waals surface area contributed by atoms with Crippen LogP contribution in [0.2, 0.25) is 0 Å². The van der Waals surface area contributed by atoms with Gasteiger partial charge in [-0.1, -0.05) is 19.4 Å². The normalized spacial score (nSPS) is 12.2. The fourth-order valence-electron chi connectivity index (χ4n) is 2.39. The Morgan fingerprint density at radius 2 is 1.84 bits per heavy atom. The molecule has 3 heteroatoms. The smallest absolute Gasteiger partial charge is 0.224 e. The molecule has 1 aromatic rings. The van der Waals surface area contributed by atoms with Crippen LogP contribution in [0.15, 0.2) is 18.2 Å². The molecular formula is C16H26N2O. The van der Waals surface area contributed by atoms with Crippen LogP contribution in [0.4, 0.5) is 5.69 Å². The van der Waals surface area contributed by atoms with Gasteiger partial charge in [0.05, 0.1) is 0 Å². The highest BCUT2D eigenvalue weighted by Crippen LogP contribution is 2.17. The van der Waals surface area contributed by atoms with Gasteiger partial charge in [0.2, 0.25) is 5.91 Å². The summed E-state index contributed by atoms with van der Waals surface area (Å²) in [5.41, 5.74) is 8.81. The van der Waals surface area contributed by atoms with Gasteiger partial charge in [-0.25, -0.2) is 0 Å². The van der Waals surface area contributed by atoms with Crippen molar-refractivity contribution in [3.05, 3.63) is 29.3 Å². The van der Waals surface area contributed by atoms with Crippen LogP contribution < -0.4 is 11.1 Å². The summed E-state index contributed by atoms with van der Waals surface area (Å²) in [4.78, 5) is 11.9. The lowest BCUT2D eigenvalue weighted by Gasteiger charge is -2.13. The van der Waals surface area contributed by atoms with Crippen LogP contribution in [-0.4, -0.2) is 12.5 Å². The Morgan fingerprint density at radius 3 is 2.37 bits per heavy atom. The van der Waals surface area contributed by atoms with E-state index in [2.05, 4.69) is 18.3 Å². The maximum atomic E-state index is 11.9. The Balaban J connectivity index is 2.46. The van der Waals surface area contributed by atoms with E-state index in [4.69, 9.17) is 5.73 Å². The minimum atomic E-state index is 0.0977. The molecule has 0 aliphatic carbocycles. The molecule has 106 valence electrons. The summed E-state index contributed by atoms with van der Waals surface area (Å²) < 4.78 is 0. The quantitative estimate of drug-likeness (QED) is 0.791. The summed E-state index contributed by atoms with van der Waals surface area (Å²) in [6.07, 6.45) is 3.59. The second-order valence-corrected chi connectivity index (χ2v) is 5.31. The molecule has 19 heavy (non-hydrogen) atoms.